The Balaban J connectivity index is 1.62. The van der Waals surface area contributed by atoms with E-state index >= 15 is 0 Å². The van der Waals surface area contributed by atoms with E-state index in [2.05, 4.69) is 18.7 Å². The molecule has 1 aromatic heterocycles. The third kappa shape index (κ3) is 5.97. The molecule has 0 bridgehead atoms. The van der Waals surface area contributed by atoms with Crippen LogP contribution in [0.25, 0.3) is 0 Å². The molecule has 0 atom stereocenters. The standard InChI is InChI=1S/C27H30ClFN4O2/c1-18(2)25-30-24(17-35-3)23(16-19-5-4-6-21(28)15-19)26(31-25)32-11-13-33(14-12-32)27(34)20-7-9-22(29)10-8-20/h4-10,15,18H,11-14,16-17H2,1-3H3. The molecule has 2 aromatic carbocycles. The van der Waals surface area contributed by atoms with Crippen molar-refractivity contribution in [2.24, 2.45) is 0 Å². The molecule has 0 unspecified atom stereocenters. The largest absolute Gasteiger partial charge is 0.378 e. The SMILES string of the molecule is COCc1nc(C(C)C)nc(N2CCN(C(=O)c3ccc(F)cc3)CC2)c1Cc1cccc(Cl)c1. The fourth-order valence-electron chi connectivity index (χ4n) is 4.24. The zero-order valence-corrected chi connectivity index (χ0v) is 21.1. The maximum atomic E-state index is 13.3. The molecule has 0 aliphatic carbocycles. The Morgan fingerprint density at radius 2 is 1.80 bits per heavy atom. The Morgan fingerprint density at radius 3 is 2.43 bits per heavy atom. The summed E-state index contributed by atoms with van der Waals surface area (Å²) in [4.78, 5) is 26.7. The van der Waals surface area contributed by atoms with Gasteiger partial charge in [0.1, 0.15) is 17.5 Å². The monoisotopic (exact) mass is 496 g/mol. The van der Waals surface area contributed by atoms with E-state index in [-0.39, 0.29) is 17.6 Å². The fraction of sp³-hybridized carbons (Fsp3) is 0.370. The minimum Gasteiger partial charge on any atom is -0.378 e. The number of ether oxygens (including phenoxy) is 1. The summed E-state index contributed by atoms with van der Waals surface area (Å²) in [6.07, 6.45) is 0.627. The highest BCUT2D eigenvalue weighted by atomic mass is 35.5. The van der Waals surface area contributed by atoms with Gasteiger partial charge in [-0.25, -0.2) is 14.4 Å². The summed E-state index contributed by atoms with van der Waals surface area (Å²) in [5, 5.41) is 0.685. The molecule has 8 heteroatoms. The van der Waals surface area contributed by atoms with Crippen molar-refractivity contribution in [2.75, 3.05) is 38.2 Å². The van der Waals surface area contributed by atoms with Gasteiger partial charge >= 0.3 is 0 Å². The lowest BCUT2D eigenvalue weighted by atomic mass is 10.0. The number of hydrogen-bond donors (Lipinski definition) is 0. The highest BCUT2D eigenvalue weighted by Crippen LogP contribution is 2.29. The summed E-state index contributed by atoms with van der Waals surface area (Å²) in [5.41, 5.74) is 3.44. The minimum atomic E-state index is -0.352. The van der Waals surface area contributed by atoms with Crippen molar-refractivity contribution in [3.63, 3.8) is 0 Å². The van der Waals surface area contributed by atoms with Crippen molar-refractivity contribution in [1.82, 2.24) is 14.9 Å². The lowest BCUT2D eigenvalue weighted by Crippen LogP contribution is -2.49. The van der Waals surface area contributed by atoms with E-state index in [1.165, 1.54) is 24.3 Å². The predicted molar refractivity (Wildman–Crippen MR) is 136 cm³/mol. The molecule has 1 amide bonds. The maximum Gasteiger partial charge on any atom is 0.253 e. The molecule has 1 aliphatic rings. The molecule has 3 aromatic rings. The molecule has 0 radical (unpaired) electrons. The van der Waals surface area contributed by atoms with Gasteiger partial charge in [0.05, 0.1) is 12.3 Å². The zero-order chi connectivity index (χ0) is 24.9. The second kappa shape index (κ2) is 11.1. The van der Waals surface area contributed by atoms with Gasteiger partial charge in [0, 0.05) is 61.8 Å². The third-order valence-corrected chi connectivity index (χ3v) is 6.35. The van der Waals surface area contributed by atoms with E-state index in [1.54, 1.807) is 12.0 Å². The van der Waals surface area contributed by atoms with Crippen molar-refractivity contribution in [1.29, 1.82) is 0 Å². The van der Waals surface area contributed by atoms with Crippen LogP contribution in [0, 0.1) is 5.82 Å². The molecule has 0 saturated carbocycles. The number of piperazine rings is 1. The number of anilines is 1. The van der Waals surface area contributed by atoms with Crippen LogP contribution in [-0.2, 0) is 17.8 Å². The first-order valence-electron chi connectivity index (χ1n) is 11.8. The van der Waals surface area contributed by atoms with Gasteiger partial charge in [0.2, 0.25) is 0 Å². The zero-order valence-electron chi connectivity index (χ0n) is 20.3. The topological polar surface area (TPSA) is 58.6 Å². The molecule has 184 valence electrons. The van der Waals surface area contributed by atoms with Gasteiger partial charge < -0.3 is 14.5 Å². The second-order valence-electron chi connectivity index (χ2n) is 9.01. The quantitative estimate of drug-likeness (QED) is 0.456. The summed E-state index contributed by atoms with van der Waals surface area (Å²) >= 11 is 6.25. The van der Waals surface area contributed by atoms with E-state index < -0.39 is 0 Å². The summed E-state index contributed by atoms with van der Waals surface area (Å²) < 4.78 is 18.8. The van der Waals surface area contributed by atoms with Crippen LogP contribution in [0.4, 0.5) is 10.2 Å². The molecule has 2 heterocycles. The van der Waals surface area contributed by atoms with E-state index in [4.69, 9.17) is 26.3 Å². The van der Waals surface area contributed by atoms with E-state index in [1.807, 2.05) is 24.3 Å². The van der Waals surface area contributed by atoms with Crippen molar-refractivity contribution >= 4 is 23.3 Å². The number of methoxy groups -OCH3 is 1. The third-order valence-electron chi connectivity index (χ3n) is 6.11. The summed E-state index contributed by atoms with van der Waals surface area (Å²) in [5.74, 6) is 1.37. The average Bonchev–Trinajstić information content (AvgIpc) is 2.85. The Kier molecular flexibility index (Phi) is 7.98. The van der Waals surface area contributed by atoms with Crippen molar-refractivity contribution in [2.45, 2.75) is 32.8 Å². The number of benzene rings is 2. The smallest absolute Gasteiger partial charge is 0.253 e. The van der Waals surface area contributed by atoms with Crippen LogP contribution in [-0.4, -0.2) is 54.1 Å². The molecule has 1 aliphatic heterocycles. The van der Waals surface area contributed by atoms with Crippen LogP contribution in [0.3, 0.4) is 0 Å². The number of aromatic nitrogens is 2. The summed E-state index contributed by atoms with van der Waals surface area (Å²) in [6.45, 7) is 6.90. The van der Waals surface area contributed by atoms with Crippen LogP contribution in [0.2, 0.25) is 5.02 Å². The molecule has 6 nitrogen and oxygen atoms in total. The molecule has 35 heavy (non-hydrogen) atoms. The van der Waals surface area contributed by atoms with Crippen molar-refractivity contribution in [3.05, 3.63) is 87.6 Å². The predicted octanol–water partition coefficient (Wildman–Crippen LogP) is 5.09. The Bertz CT molecular complexity index is 1180. The number of rotatable bonds is 7. The van der Waals surface area contributed by atoms with Gasteiger partial charge in [-0.15, -0.1) is 0 Å². The first kappa shape index (κ1) is 25.1. The number of hydrogen-bond acceptors (Lipinski definition) is 5. The first-order chi connectivity index (χ1) is 16.9. The molecule has 4 rings (SSSR count). The summed E-state index contributed by atoms with van der Waals surface area (Å²) in [6, 6.07) is 13.5. The fourth-order valence-corrected chi connectivity index (χ4v) is 4.45. The molecular weight excluding hydrogens is 467 g/mol. The van der Waals surface area contributed by atoms with E-state index in [0.29, 0.717) is 49.8 Å². The highest BCUT2D eigenvalue weighted by molar-refractivity contribution is 6.30. The van der Waals surface area contributed by atoms with Crippen LogP contribution in [0.15, 0.2) is 48.5 Å². The summed E-state index contributed by atoms with van der Waals surface area (Å²) in [7, 11) is 1.67. The van der Waals surface area contributed by atoms with Gasteiger partial charge in [-0.3, -0.25) is 4.79 Å². The maximum absolute atomic E-state index is 13.3. The number of amides is 1. The highest BCUT2D eigenvalue weighted by Gasteiger charge is 2.27. The van der Waals surface area contributed by atoms with Crippen LogP contribution in [0.1, 0.15) is 52.8 Å². The van der Waals surface area contributed by atoms with Gasteiger partial charge in [-0.1, -0.05) is 37.6 Å². The average molecular weight is 497 g/mol. The van der Waals surface area contributed by atoms with E-state index in [9.17, 15) is 9.18 Å². The number of nitrogens with zero attached hydrogens (tertiary/aromatic N) is 4. The van der Waals surface area contributed by atoms with Crippen molar-refractivity contribution < 1.29 is 13.9 Å². The number of carbonyl (C=O) groups excluding carboxylic acids is 1. The normalized spacial score (nSPS) is 14.0. The molecule has 0 spiro atoms. The van der Waals surface area contributed by atoms with E-state index in [0.717, 1.165) is 28.5 Å². The number of halogens is 2. The second-order valence-corrected chi connectivity index (χ2v) is 9.45. The first-order valence-corrected chi connectivity index (χ1v) is 12.2. The van der Waals surface area contributed by atoms with Crippen LogP contribution in [0.5, 0.6) is 0 Å². The number of carbonyl (C=O) groups is 1. The van der Waals surface area contributed by atoms with Crippen LogP contribution < -0.4 is 4.90 Å². The van der Waals surface area contributed by atoms with Crippen LogP contribution >= 0.6 is 11.6 Å². The molecular formula is C27H30ClFN4O2. The molecule has 0 N–H and O–H groups in total. The minimum absolute atomic E-state index is 0.0885. The lowest BCUT2D eigenvalue weighted by molar-refractivity contribution is 0.0746. The Labute approximate surface area is 210 Å². The molecule has 1 fully saturated rings. The van der Waals surface area contributed by atoms with Gasteiger partial charge in [-0.2, -0.15) is 0 Å². The Morgan fingerprint density at radius 1 is 1.09 bits per heavy atom. The van der Waals surface area contributed by atoms with Gasteiger partial charge in [0.25, 0.3) is 5.91 Å². The lowest BCUT2D eigenvalue weighted by Gasteiger charge is -2.37. The van der Waals surface area contributed by atoms with Crippen molar-refractivity contribution in [3.8, 4) is 0 Å². The Hall–Kier alpha value is -3.03. The van der Waals surface area contributed by atoms with Gasteiger partial charge in [0.15, 0.2) is 0 Å². The van der Waals surface area contributed by atoms with Gasteiger partial charge in [-0.05, 0) is 42.0 Å². The molecule has 1 saturated heterocycles.